The summed E-state index contributed by atoms with van der Waals surface area (Å²) in [5, 5.41) is 2.93. The van der Waals surface area contributed by atoms with Gasteiger partial charge in [0.15, 0.2) is 0 Å². The average Bonchev–Trinajstić information content (AvgIpc) is 2.98. The van der Waals surface area contributed by atoms with Crippen molar-refractivity contribution in [3.8, 4) is 0 Å². The first kappa shape index (κ1) is 17.3. The van der Waals surface area contributed by atoms with Crippen molar-refractivity contribution in [1.29, 1.82) is 0 Å². The van der Waals surface area contributed by atoms with E-state index in [1.807, 2.05) is 30.3 Å². The summed E-state index contributed by atoms with van der Waals surface area (Å²) in [5.41, 5.74) is 0.451. The highest BCUT2D eigenvalue weighted by Crippen LogP contribution is 2.36. The zero-order chi connectivity index (χ0) is 18.0. The Morgan fingerprint density at radius 1 is 1.16 bits per heavy atom. The number of cyclic esters (lactones) is 1. The first-order chi connectivity index (χ1) is 11.9. The van der Waals surface area contributed by atoms with E-state index in [1.165, 1.54) is 11.0 Å². The molecule has 1 saturated heterocycles. The van der Waals surface area contributed by atoms with Crippen molar-refractivity contribution in [2.24, 2.45) is 0 Å². The predicted molar refractivity (Wildman–Crippen MR) is 85.6 cm³/mol. The maximum absolute atomic E-state index is 13.0. The molecule has 1 aliphatic rings. The molecule has 0 saturated carbocycles. The summed E-state index contributed by atoms with van der Waals surface area (Å²) in [6, 6.07) is 13.8. The lowest BCUT2D eigenvalue weighted by Gasteiger charge is -2.31. The number of halogens is 3. The number of nitrogens with zero attached hydrogens (tertiary/aromatic N) is 1. The number of hydrogen-bond donors (Lipinski definition) is 1. The van der Waals surface area contributed by atoms with Crippen LogP contribution in [-0.4, -0.2) is 24.6 Å². The van der Waals surface area contributed by atoms with Gasteiger partial charge in [0.1, 0.15) is 12.8 Å². The number of carbonyl (C=O) groups is 1. The first-order valence-electron chi connectivity index (χ1n) is 7.76. The van der Waals surface area contributed by atoms with Gasteiger partial charge in [-0.05, 0) is 30.3 Å². The highest BCUT2D eigenvalue weighted by atomic mass is 19.4. The van der Waals surface area contributed by atoms with Gasteiger partial charge in [0.2, 0.25) is 0 Å². The molecule has 1 fully saturated rings. The van der Waals surface area contributed by atoms with Crippen molar-refractivity contribution < 1.29 is 22.7 Å². The van der Waals surface area contributed by atoms with Crippen LogP contribution in [0, 0.1) is 0 Å². The Balaban J connectivity index is 1.98. The van der Waals surface area contributed by atoms with Crippen molar-refractivity contribution in [1.82, 2.24) is 10.2 Å². The molecule has 0 radical (unpaired) electrons. The number of nitrogens with one attached hydrogen (secondary N) is 1. The SMILES string of the molecule is CNC(c1cccc(C(F)(F)F)c1)N1C(=O)OC[C@@H]1c1ccccc1. The number of hydrogen-bond acceptors (Lipinski definition) is 3. The normalized spacial score (nSPS) is 19.0. The zero-order valence-electron chi connectivity index (χ0n) is 13.5. The van der Waals surface area contributed by atoms with Crippen LogP contribution in [0.25, 0.3) is 0 Å². The van der Waals surface area contributed by atoms with Gasteiger partial charge in [0, 0.05) is 0 Å². The molecule has 0 bridgehead atoms. The molecule has 132 valence electrons. The summed E-state index contributed by atoms with van der Waals surface area (Å²) in [6.07, 6.45) is -5.74. The molecule has 4 nitrogen and oxygen atoms in total. The predicted octanol–water partition coefficient (Wildman–Crippen LogP) is 4.12. The fourth-order valence-electron chi connectivity index (χ4n) is 3.00. The largest absolute Gasteiger partial charge is 0.447 e. The fourth-order valence-corrected chi connectivity index (χ4v) is 3.00. The summed E-state index contributed by atoms with van der Waals surface area (Å²) in [7, 11) is 1.60. The first-order valence-corrected chi connectivity index (χ1v) is 7.76. The third-order valence-electron chi connectivity index (χ3n) is 4.18. The molecule has 0 spiro atoms. The highest BCUT2D eigenvalue weighted by Gasteiger charge is 2.40. The second kappa shape index (κ2) is 6.76. The monoisotopic (exact) mass is 350 g/mol. The Kier molecular flexibility index (Phi) is 4.67. The van der Waals surface area contributed by atoms with E-state index < -0.39 is 24.0 Å². The van der Waals surface area contributed by atoms with Crippen LogP contribution < -0.4 is 5.32 Å². The van der Waals surface area contributed by atoms with Crippen molar-refractivity contribution in [3.05, 3.63) is 71.3 Å². The molecule has 1 N–H and O–H groups in total. The quantitative estimate of drug-likeness (QED) is 0.902. The van der Waals surface area contributed by atoms with E-state index in [-0.39, 0.29) is 12.6 Å². The molecular weight excluding hydrogens is 333 g/mol. The molecule has 2 aromatic rings. The Morgan fingerprint density at radius 2 is 1.88 bits per heavy atom. The van der Waals surface area contributed by atoms with Gasteiger partial charge in [-0.15, -0.1) is 0 Å². The summed E-state index contributed by atoms with van der Waals surface area (Å²) in [6.45, 7) is 0.153. The zero-order valence-corrected chi connectivity index (χ0v) is 13.5. The number of amides is 1. The van der Waals surface area contributed by atoms with Gasteiger partial charge < -0.3 is 4.74 Å². The van der Waals surface area contributed by atoms with Crippen LogP contribution in [0.15, 0.2) is 54.6 Å². The lowest BCUT2D eigenvalue weighted by Crippen LogP contribution is -2.39. The lowest BCUT2D eigenvalue weighted by atomic mass is 10.0. The van der Waals surface area contributed by atoms with Crippen molar-refractivity contribution >= 4 is 6.09 Å². The summed E-state index contributed by atoms with van der Waals surface area (Å²) in [4.78, 5) is 13.7. The molecule has 2 aromatic carbocycles. The van der Waals surface area contributed by atoms with E-state index in [0.717, 1.165) is 17.7 Å². The van der Waals surface area contributed by atoms with Crippen molar-refractivity contribution in [3.63, 3.8) is 0 Å². The second-order valence-corrected chi connectivity index (χ2v) is 5.73. The summed E-state index contributed by atoms with van der Waals surface area (Å²) >= 11 is 0. The molecule has 7 heteroatoms. The number of benzene rings is 2. The minimum Gasteiger partial charge on any atom is -0.447 e. The van der Waals surface area contributed by atoms with Crippen LogP contribution in [0.2, 0.25) is 0 Å². The highest BCUT2D eigenvalue weighted by molar-refractivity contribution is 5.71. The second-order valence-electron chi connectivity index (χ2n) is 5.73. The van der Waals surface area contributed by atoms with Gasteiger partial charge in [-0.1, -0.05) is 42.5 Å². The Hall–Kier alpha value is -2.54. The van der Waals surface area contributed by atoms with Crippen LogP contribution in [0.1, 0.15) is 28.9 Å². The third-order valence-corrected chi connectivity index (χ3v) is 4.18. The molecule has 1 unspecified atom stereocenters. The van der Waals surface area contributed by atoms with Crippen LogP contribution in [0.5, 0.6) is 0 Å². The topological polar surface area (TPSA) is 41.6 Å². The van der Waals surface area contributed by atoms with E-state index >= 15 is 0 Å². The lowest BCUT2D eigenvalue weighted by molar-refractivity contribution is -0.137. The van der Waals surface area contributed by atoms with E-state index in [4.69, 9.17) is 4.74 Å². The molecule has 2 atom stereocenters. The van der Waals surface area contributed by atoms with Gasteiger partial charge in [0.25, 0.3) is 0 Å². The summed E-state index contributed by atoms with van der Waals surface area (Å²) in [5.74, 6) is 0. The number of carbonyl (C=O) groups excluding carboxylic acids is 1. The smallest absolute Gasteiger partial charge is 0.416 e. The van der Waals surface area contributed by atoms with E-state index in [1.54, 1.807) is 13.1 Å². The molecule has 1 heterocycles. The molecule has 3 rings (SSSR count). The Morgan fingerprint density at radius 3 is 2.52 bits per heavy atom. The number of ether oxygens (including phenoxy) is 1. The van der Waals surface area contributed by atoms with Crippen molar-refractivity contribution in [2.45, 2.75) is 18.4 Å². The third kappa shape index (κ3) is 3.46. The molecule has 1 amide bonds. The molecule has 25 heavy (non-hydrogen) atoms. The fraction of sp³-hybridized carbons (Fsp3) is 0.278. The van der Waals surface area contributed by atoms with E-state index in [0.29, 0.717) is 5.56 Å². The minimum atomic E-state index is -4.45. The van der Waals surface area contributed by atoms with Crippen LogP contribution in [0.3, 0.4) is 0 Å². The maximum atomic E-state index is 13.0. The van der Waals surface area contributed by atoms with Gasteiger partial charge in [-0.2, -0.15) is 13.2 Å². The van der Waals surface area contributed by atoms with Gasteiger partial charge in [-0.3, -0.25) is 10.2 Å². The average molecular weight is 350 g/mol. The molecular formula is C18H17F3N2O2. The van der Waals surface area contributed by atoms with E-state index in [9.17, 15) is 18.0 Å². The number of alkyl halides is 3. The molecule has 0 aliphatic carbocycles. The van der Waals surface area contributed by atoms with Crippen LogP contribution >= 0.6 is 0 Å². The summed E-state index contributed by atoms with van der Waals surface area (Å²) < 4.78 is 44.2. The van der Waals surface area contributed by atoms with Gasteiger partial charge in [0.05, 0.1) is 11.6 Å². The standard InChI is InChI=1S/C18H17F3N2O2/c1-22-16(13-8-5-9-14(10-13)18(19,20)21)23-15(11-25-17(23)24)12-6-3-2-4-7-12/h2-10,15-16,22H,11H2,1H3/t15-,16?/m1/s1. The minimum absolute atomic E-state index is 0.153. The van der Waals surface area contributed by atoms with Gasteiger partial charge >= 0.3 is 12.3 Å². The number of rotatable bonds is 4. The van der Waals surface area contributed by atoms with Crippen molar-refractivity contribution in [2.75, 3.05) is 13.7 Å². The molecule has 0 aromatic heterocycles. The maximum Gasteiger partial charge on any atom is 0.416 e. The molecule has 1 aliphatic heterocycles. The Bertz CT molecular complexity index is 749. The van der Waals surface area contributed by atoms with Crippen LogP contribution in [-0.2, 0) is 10.9 Å². The Labute approximate surface area is 143 Å². The van der Waals surface area contributed by atoms with E-state index in [2.05, 4.69) is 5.32 Å². The van der Waals surface area contributed by atoms with Gasteiger partial charge in [-0.25, -0.2) is 4.79 Å². The van der Waals surface area contributed by atoms with Crippen LogP contribution in [0.4, 0.5) is 18.0 Å².